The number of para-hydroxylation sites is 3. The summed E-state index contributed by atoms with van der Waals surface area (Å²) in [5, 5.41) is 1.72. The molecule has 242 valence electrons. The van der Waals surface area contributed by atoms with Gasteiger partial charge in [0.25, 0.3) is 0 Å². The molecule has 5 aromatic carbocycles. The summed E-state index contributed by atoms with van der Waals surface area (Å²) in [5.74, 6) is 1.03. The van der Waals surface area contributed by atoms with Crippen molar-refractivity contribution in [2.24, 2.45) is 0 Å². The van der Waals surface area contributed by atoms with E-state index in [2.05, 4.69) is 50.5 Å². The van der Waals surface area contributed by atoms with Crippen molar-refractivity contribution in [1.82, 2.24) is 14.5 Å². The van der Waals surface area contributed by atoms with E-state index in [0.29, 0.717) is 29.1 Å². The summed E-state index contributed by atoms with van der Waals surface area (Å²) in [6, 6.07) is 38.3. The molecule has 0 saturated carbocycles. The molecule has 0 aliphatic rings. The van der Waals surface area contributed by atoms with Gasteiger partial charge in [-0.15, -0.1) is 0 Å². The zero-order valence-corrected chi connectivity index (χ0v) is 28.0. The molecule has 49 heavy (non-hydrogen) atoms. The van der Waals surface area contributed by atoms with Gasteiger partial charge in [0.05, 0.1) is 23.1 Å². The first-order valence-corrected chi connectivity index (χ1v) is 16.9. The molecule has 0 radical (unpaired) electrons. The van der Waals surface area contributed by atoms with Gasteiger partial charge in [-0.2, -0.15) is 0 Å². The minimum atomic E-state index is -1.79. The van der Waals surface area contributed by atoms with E-state index in [1.54, 1.807) is 18.2 Å². The number of pyridine rings is 1. The minimum Gasteiger partial charge on any atom is -0.437 e. The van der Waals surface area contributed by atoms with Gasteiger partial charge >= 0.3 is 0 Å². The monoisotopic (exact) mass is 645 g/mol. The van der Waals surface area contributed by atoms with Crippen LogP contribution in [0.15, 0.2) is 126 Å². The number of benzene rings is 5. The van der Waals surface area contributed by atoms with E-state index in [-0.39, 0.29) is 17.7 Å². The van der Waals surface area contributed by atoms with Crippen molar-refractivity contribution in [2.75, 3.05) is 0 Å². The first-order chi connectivity index (χ1) is 24.6. The Morgan fingerprint density at radius 2 is 1.43 bits per heavy atom. The summed E-state index contributed by atoms with van der Waals surface area (Å²) in [5.41, 5.74) is 10.4. The van der Waals surface area contributed by atoms with E-state index in [0.717, 1.165) is 44.3 Å². The Morgan fingerprint density at radius 3 is 2.16 bits per heavy atom. The smallest absolute Gasteiger partial charge is 0.227 e. The van der Waals surface area contributed by atoms with Crippen LogP contribution in [-0.4, -0.2) is 14.5 Å². The lowest BCUT2D eigenvalue weighted by Gasteiger charge is -2.23. The lowest BCUT2D eigenvalue weighted by Crippen LogP contribution is -2.11. The van der Waals surface area contributed by atoms with E-state index in [9.17, 15) is 4.39 Å². The molecule has 0 fully saturated rings. The third-order valence-electron chi connectivity index (χ3n) is 9.36. The molecule has 0 unspecified atom stereocenters. The van der Waals surface area contributed by atoms with Crippen LogP contribution >= 0.6 is 0 Å². The number of hydrogen-bond acceptors (Lipinski definition) is 3. The SMILES string of the molecule is [2H]C([2H])(c1ccccc1)c1ccc2c(n1)oc1c(-c3nc4ccccc4n3Cc3c(C(C)C)cc(-c4ccc(F)cc4)cc3C(C)C)cccc12. The van der Waals surface area contributed by atoms with Gasteiger partial charge in [-0.1, -0.05) is 107 Å². The second-order valence-corrected chi connectivity index (χ2v) is 13.3. The zero-order valence-electron chi connectivity index (χ0n) is 30.0. The van der Waals surface area contributed by atoms with Gasteiger partial charge in [-0.3, -0.25) is 0 Å². The summed E-state index contributed by atoms with van der Waals surface area (Å²) >= 11 is 0. The number of rotatable bonds is 8. The van der Waals surface area contributed by atoms with E-state index >= 15 is 0 Å². The fourth-order valence-electron chi connectivity index (χ4n) is 6.93. The van der Waals surface area contributed by atoms with Crippen LogP contribution < -0.4 is 0 Å². The number of hydrogen-bond donors (Lipinski definition) is 0. The molecule has 3 heterocycles. The molecule has 0 bridgehead atoms. The summed E-state index contributed by atoms with van der Waals surface area (Å²) < 4.78 is 40.5. The van der Waals surface area contributed by atoms with Crippen LogP contribution in [-0.2, 0) is 12.9 Å². The molecule has 0 saturated heterocycles. The number of aromatic nitrogens is 3. The Morgan fingerprint density at radius 1 is 0.714 bits per heavy atom. The zero-order chi connectivity index (χ0) is 35.4. The number of imidazole rings is 1. The standard InChI is InChI=1S/C44H38FN3O/c1-27(2)37-24-31(30-17-19-32(45)20-18-30)25-38(28(3)4)39(37)26-48-41-16-9-8-15-40(41)47-43(48)36-14-10-13-34-35-22-21-33(46-44(35)49-42(34)36)23-29-11-6-5-7-12-29/h5-22,24-25,27-28H,23,26H2,1-4H3/i23D2. The van der Waals surface area contributed by atoms with E-state index in [1.807, 2.05) is 72.8 Å². The van der Waals surface area contributed by atoms with Gasteiger partial charge in [0.15, 0.2) is 0 Å². The van der Waals surface area contributed by atoms with E-state index in [4.69, 9.17) is 17.1 Å². The Balaban J connectivity index is 1.30. The lowest BCUT2D eigenvalue weighted by atomic mass is 9.85. The predicted molar refractivity (Wildman–Crippen MR) is 199 cm³/mol. The van der Waals surface area contributed by atoms with Crippen molar-refractivity contribution in [3.05, 3.63) is 155 Å². The number of fused-ring (bicyclic) bond motifs is 4. The summed E-state index contributed by atoms with van der Waals surface area (Å²) in [6.45, 7) is 9.49. The second-order valence-electron chi connectivity index (χ2n) is 13.3. The Kier molecular flexibility index (Phi) is 7.25. The second kappa shape index (κ2) is 12.5. The molecule has 0 atom stereocenters. The van der Waals surface area contributed by atoms with Gasteiger partial charge in [0.1, 0.15) is 17.2 Å². The van der Waals surface area contributed by atoms with Gasteiger partial charge < -0.3 is 8.98 Å². The van der Waals surface area contributed by atoms with Crippen LogP contribution in [0.5, 0.6) is 0 Å². The summed E-state index contributed by atoms with van der Waals surface area (Å²) in [7, 11) is 0. The third kappa shape index (κ3) is 5.69. The third-order valence-corrected chi connectivity index (χ3v) is 9.36. The molecule has 0 amide bonds. The Hall–Kier alpha value is -5.55. The highest BCUT2D eigenvalue weighted by molar-refractivity contribution is 6.08. The molecule has 8 aromatic rings. The first kappa shape index (κ1) is 28.5. The lowest BCUT2D eigenvalue weighted by molar-refractivity contribution is 0.628. The number of halogens is 1. The fraction of sp³-hybridized carbons (Fsp3) is 0.182. The van der Waals surface area contributed by atoms with Crippen molar-refractivity contribution in [1.29, 1.82) is 0 Å². The minimum absolute atomic E-state index is 0.243. The van der Waals surface area contributed by atoms with Crippen LogP contribution in [0.1, 0.15) is 70.2 Å². The van der Waals surface area contributed by atoms with Crippen LogP contribution in [0.4, 0.5) is 4.39 Å². The Bertz CT molecular complexity index is 2520. The van der Waals surface area contributed by atoms with E-state index < -0.39 is 6.37 Å². The highest BCUT2D eigenvalue weighted by atomic mass is 19.1. The predicted octanol–water partition coefficient (Wildman–Crippen LogP) is 11.7. The number of furan rings is 1. The number of nitrogens with zero attached hydrogens (tertiary/aromatic N) is 3. The van der Waals surface area contributed by atoms with Crippen LogP contribution in [0, 0.1) is 5.82 Å². The highest BCUT2D eigenvalue weighted by Gasteiger charge is 2.23. The molecule has 4 nitrogen and oxygen atoms in total. The average molecular weight is 646 g/mol. The Labute approximate surface area is 288 Å². The van der Waals surface area contributed by atoms with Gasteiger partial charge in [0.2, 0.25) is 5.71 Å². The molecule has 0 N–H and O–H groups in total. The summed E-state index contributed by atoms with van der Waals surface area (Å²) in [6.07, 6.45) is -1.79. The first-order valence-electron chi connectivity index (χ1n) is 17.9. The largest absolute Gasteiger partial charge is 0.437 e. The van der Waals surface area contributed by atoms with Crippen molar-refractivity contribution in [3.63, 3.8) is 0 Å². The normalized spacial score (nSPS) is 12.8. The van der Waals surface area contributed by atoms with Gasteiger partial charge in [-0.25, -0.2) is 14.4 Å². The molecule has 0 spiro atoms. The fourth-order valence-corrected chi connectivity index (χ4v) is 6.93. The maximum absolute atomic E-state index is 13.9. The molecule has 8 rings (SSSR count). The average Bonchev–Trinajstić information content (AvgIpc) is 3.70. The molecule has 0 aliphatic carbocycles. The molecular formula is C44H38FN3O. The van der Waals surface area contributed by atoms with Crippen LogP contribution in [0.3, 0.4) is 0 Å². The quantitative estimate of drug-likeness (QED) is 0.165. The molecule has 3 aromatic heterocycles. The van der Waals surface area contributed by atoms with Crippen molar-refractivity contribution in [3.8, 4) is 22.5 Å². The van der Waals surface area contributed by atoms with Crippen molar-refractivity contribution >= 4 is 33.1 Å². The molecule has 5 heteroatoms. The summed E-state index contributed by atoms with van der Waals surface area (Å²) in [4.78, 5) is 9.94. The van der Waals surface area contributed by atoms with Crippen LogP contribution in [0.25, 0.3) is 55.6 Å². The maximum atomic E-state index is 13.9. The van der Waals surface area contributed by atoms with Crippen LogP contribution in [0.2, 0.25) is 0 Å². The van der Waals surface area contributed by atoms with Gasteiger partial charge in [-0.05, 0) is 87.7 Å². The van der Waals surface area contributed by atoms with E-state index in [1.165, 1.54) is 28.8 Å². The topological polar surface area (TPSA) is 43.9 Å². The molecular weight excluding hydrogens is 606 g/mol. The maximum Gasteiger partial charge on any atom is 0.227 e. The molecule has 0 aliphatic heterocycles. The van der Waals surface area contributed by atoms with Gasteiger partial charge in [0, 0.05) is 25.6 Å². The van der Waals surface area contributed by atoms with Crippen molar-refractivity contribution in [2.45, 2.75) is 52.4 Å². The highest BCUT2D eigenvalue weighted by Crippen LogP contribution is 2.39. The van der Waals surface area contributed by atoms with Crippen molar-refractivity contribution < 1.29 is 11.5 Å².